The van der Waals surface area contributed by atoms with Crippen molar-refractivity contribution >= 4 is 29.3 Å². The van der Waals surface area contributed by atoms with Gasteiger partial charge in [-0.05, 0) is 55.7 Å². The number of nitrogens with zero attached hydrogens (tertiary/aromatic N) is 1. The lowest BCUT2D eigenvalue weighted by atomic mass is 9.97. The Labute approximate surface area is 180 Å². The third kappa shape index (κ3) is 6.04. The third-order valence-corrected chi connectivity index (χ3v) is 5.16. The first-order valence-electron chi connectivity index (χ1n) is 10.4. The molecule has 0 radical (unpaired) electrons. The summed E-state index contributed by atoms with van der Waals surface area (Å²) in [4.78, 5) is 50.2. The summed E-state index contributed by atoms with van der Waals surface area (Å²) in [5.74, 6) is -1.08. The number of amides is 2. The first-order chi connectivity index (χ1) is 15.0. The van der Waals surface area contributed by atoms with Gasteiger partial charge < -0.3 is 19.4 Å². The maximum Gasteiger partial charge on any atom is 0.309 e. The summed E-state index contributed by atoms with van der Waals surface area (Å²) in [6, 6.07) is 9.75. The molecule has 1 N–H and O–H groups in total. The van der Waals surface area contributed by atoms with Crippen LogP contribution in [0.25, 0.3) is 0 Å². The van der Waals surface area contributed by atoms with E-state index >= 15 is 0 Å². The molecule has 1 fully saturated rings. The van der Waals surface area contributed by atoms with Gasteiger partial charge in [0.1, 0.15) is 0 Å². The minimum Gasteiger partial charge on any atom is -0.459 e. The van der Waals surface area contributed by atoms with Gasteiger partial charge in [0.2, 0.25) is 5.91 Å². The molecule has 1 saturated heterocycles. The molecule has 164 valence electrons. The first-order valence-corrected chi connectivity index (χ1v) is 10.4. The highest BCUT2D eigenvalue weighted by Gasteiger charge is 2.30. The van der Waals surface area contributed by atoms with E-state index in [0.29, 0.717) is 43.6 Å². The van der Waals surface area contributed by atoms with Gasteiger partial charge in [0.15, 0.2) is 18.2 Å². The van der Waals surface area contributed by atoms with Gasteiger partial charge in [0.25, 0.3) is 5.91 Å². The largest absolute Gasteiger partial charge is 0.459 e. The van der Waals surface area contributed by atoms with Crippen molar-refractivity contribution in [2.75, 3.05) is 25.0 Å². The first kappa shape index (κ1) is 22.3. The molecule has 1 aliphatic rings. The van der Waals surface area contributed by atoms with Crippen LogP contribution in [0.3, 0.4) is 0 Å². The zero-order chi connectivity index (χ0) is 22.2. The number of hydrogen-bond acceptors (Lipinski definition) is 6. The van der Waals surface area contributed by atoms with Crippen molar-refractivity contribution in [3.05, 3.63) is 54.0 Å². The fourth-order valence-electron chi connectivity index (χ4n) is 3.40. The lowest BCUT2D eigenvalue weighted by Gasteiger charge is -2.30. The van der Waals surface area contributed by atoms with Gasteiger partial charge in [-0.3, -0.25) is 19.2 Å². The van der Waals surface area contributed by atoms with E-state index in [1.165, 1.54) is 6.26 Å². The highest BCUT2D eigenvalue weighted by atomic mass is 16.5. The van der Waals surface area contributed by atoms with E-state index in [-0.39, 0.29) is 35.9 Å². The number of carbonyl (C=O) groups is 4. The number of hydrogen-bond donors (Lipinski definition) is 1. The van der Waals surface area contributed by atoms with Crippen LogP contribution in [0.2, 0.25) is 0 Å². The number of carbonyl (C=O) groups excluding carboxylic acids is 4. The van der Waals surface area contributed by atoms with E-state index in [9.17, 15) is 19.2 Å². The Morgan fingerprint density at radius 1 is 1.10 bits per heavy atom. The van der Waals surface area contributed by atoms with Crippen LogP contribution < -0.4 is 5.32 Å². The molecule has 31 heavy (non-hydrogen) atoms. The molecule has 0 bridgehead atoms. The summed E-state index contributed by atoms with van der Waals surface area (Å²) in [5.41, 5.74) is 1.02. The van der Waals surface area contributed by atoms with Crippen molar-refractivity contribution in [1.29, 1.82) is 0 Å². The zero-order valence-electron chi connectivity index (χ0n) is 17.5. The molecule has 0 saturated carbocycles. The number of furan rings is 1. The topological polar surface area (TPSA) is 106 Å². The van der Waals surface area contributed by atoms with Crippen LogP contribution in [-0.2, 0) is 14.3 Å². The molecule has 2 heterocycles. The molecule has 1 aliphatic heterocycles. The Hall–Kier alpha value is -3.42. The number of likely N-dealkylation sites (tertiary alicyclic amines) is 1. The van der Waals surface area contributed by atoms with Crippen molar-refractivity contribution in [3.8, 4) is 0 Å². The SMILES string of the molecule is CCCC(=O)Nc1ccc(C(=O)COC(=O)C2CCN(C(=O)c3ccco3)CC2)cc1. The van der Waals surface area contributed by atoms with Crippen LogP contribution in [0, 0.1) is 5.92 Å². The Morgan fingerprint density at radius 2 is 1.81 bits per heavy atom. The number of rotatable bonds is 8. The van der Waals surface area contributed by atoms with Crippen molar-refractivity contribution in [3.63, 3.8) is 0 Å². The average molecular weight is 426 g/mol. The number of piperidine rings is 1. The van der Waals surface area contributed by atoms with Crippen LogP contribution in [0.5, 0.6) is 0 Å². The monoisotopic (exact) mass is 426 g/mol. The predicted molar refractivity (Wildman–Crippen MR) is 113 cm³/mol. The number of benzene rings is 1. The van der Waals surface area contributed by atoms with Gasteiger partial charge in [-0.25, -0.2) is 0 Å². The number of esters is 1. The summed E-state index contributed by atoms with van der Waals surface area (Å²) in [6.07, 6.45) is 3.60. The number of ketones is 1. The second-order valence-electron chi connectivity index (χ2n) is 7.45. The molecular formula is C23H26N2O6. The molecule has 8 nitrogen and oxygen atoms in total. The molecule has 2 amide bonds. The summed E-state index contributed by atoms with van der Waals surface area (Å²) in [6.45, 7) is 2.44. The number of nitrogens with one attached hydrogen (secondary N) is 1. The third-order valence-electron chi connectivity index (χ3n) is 5.16. The van der Waals surface area contributed by atoms with Crippen LogP contribution in [0.15, 0.2) is 47.1 Å². The van der Waals surface area contributed by atoms with Crippen molar-refractivity contribution in [2.45, 2.75) is 32.6 Å². The summed E-state index contributed by atoms with van der Waals surface area (Å²) < 4.78 is 10.3. The summed E-state index contributed by atoms with van der Waals surface area (Å²) >= 11 is 0. The predicted octanol–water partition coefficient (Wildman–Crippen LogP) is 3.30. The molecule has 8 heteroatoms. The van der Waals surface area contributed by atoms with E-state index in [4.69, 9.17) is 9.15 Å². The van der Waals surface area contributed by atoms with Crippen molar-refractivity contribution in [2.24, 2.45) is 5.92 Å². The van der Waals surface area contributed by atoms with E-state index in [1.807, 2.05) is 6.92 Å². The van der Waals surface area contributed by atoms with Gasteiger partial charge in [0.05, 0.1) is 12.2 Å². The number of Topliss-reactive ketones (excluding diaryl/α,β-unsaturated/α-hetero) is 1. The molecule has 2 aromatic rings. The number of ether oxygens (including phenoxy) is 1. The molecule has 0 aliphatic carbocycles. The molecule has 1 aromatic carbocycles. The van der Waals surface area contributed by atoms with E-state index in [2.05, 4.69) is 5.32 Å². The second kappa shape index (κ2) is 10.6. The Bertz CT molecular complexity index is 912. The highest BCUT2D eigenvalue weighted by Crippen LogP contribution is 2.21. The zero-order valence-corrected chi connectivity index (χ0v) is 17.5. The van der Waals surface area contributed by atoms with Gasteiger partial charge in [-0.15, -0.1) is 0 Å². The molecule has 3 rings (SSSR count). The van der Waals surface area contributed by atoms with Crippen molar-refractivity contribution in [1.82, 2.24) is 4.90 Å². The summed E-state index contributed by atoms with van der Waals surface area (Å²) in [7, 11) is 0. The molecule has 0 unspecified atom stereocenters. The number of anilines is 1. The van der Waals surface area contributed by atoms with Crippen LogP contribution in [-0.4, -0.2) is 48.2 Å². The minimum absolute atomic E-state index is 0.0765. The van der Waals surface area contributed by atoms with Gasteiger partial charge >= 0.3 is 5.97 Å². The summed E-state index contributed by atoms with van der Waals surface area (Å²) in [5, 5.41) is 2.75. The van der Waals surface area contributed by atoms with Gasteiger partial charge in [-0.2, -0.15) is 0 Å². The quantitative estimate of drug-likeness (QED) is 0.513. The van der Waals surface area contributed by atoms with Gasteiger partial charge in [-0.1, -0.05) is 6.92 Å². The van der Waals surface area contributed by atoms with Crippen molar-refractivity contribution < 1.29 is 28.3 Å². The minimum atomic E-state index is -0.429. The van der Waals surface area contributed by atoms with Crippen LogP contribution >= 0.6 is 0 Å². The Kier molecular flexibility index (Phi) is 7.59. The van der Waals surface area contributed by atoms with Gasteiger partial charge in [0, 0.05) is 30.8 Å². The molecule has 0 spiro atoms. The Balaban J connectivity index is 1.43. The standard InChI is InChI=1S/C23H26N2O6/c1-2-4-21(27)24-18-8-6-16(7-9-18)19(26)15-31-23(29)17-10-12-25(13-11-17)22(28)20-5-3-14-30-20/h3,5-9,14,17H,2,4,10-13,15H2,1H3,(H,24,27). The maximum absolute atomic E-state index is 12.3. The van der Waals surface area contributed by atoms with E-state index in [1.54, 1.807) is 41.3 Å². The normalized spacial score (nSPS) is 14.2. The maximum atomic E-state index is 12.3. The van der Waals surface area contributed by atoms with E-state index < -0.39 is 5.97 Å². The lowest BCUT2D eigenvalue weighted by Crippen LogP contribution is -2.40. The fraction of sp³-hybridized carbons (Fsp3) is 0.391. The van der Waals surface area contributed by atoms with Crippen LogP contribution in [0.4, 0.5) is 5.69 Å². The fourth-order valence-corrected chi connectivity index (χ4v) is 3.40. The lowest BCUT2D eigenvalue weighted by molar-refractivity contribution is -0.148. The van der Waals surface area contributed by atoms with Crippen LogP contribution in [0.1, 0.15) is 53.5 Å². The molecule has 1 aromatic heterocycles. The average Bonchev–Trinajstić information content (AvgIpc) is 3.32. The second-order valence-corrected chi connectivity index (χ2v) is 7.45. The molecule has 0 atom stereocenters. The van der Waals surface area contributed by atoms with E-state index in [0.717, 1.165) is 6.42 Å². The highest BCUT2D eigenvalue weighted by molar-refractivity contribution is 5.99. The Morgan fingerprint density at radius 3 is 2.42 bits per heavy atom. The molecular weight excluding hydrogens is 400 g/mol. The smallest absolute Gasteiger partial charge is 0.309 e.